The number of anilines is 1. The van der Waals surface area contributed by atoms with Gasteiger partial charge in [-0.25, -0.2) is 4.98 Å². The third-order valence-corrected chi connectivity index (χ3v) is 3.99. The highest BCUT2D eigenvalue weighted by Gasteiger charge is 2.30. The SMILES string of the molecule is COc1ccc(OC)c2c1CN(c1ccc(C#N)cn1)CC2O. The lowest BCUT2D eigenvalue weighted by Gasteiger charge is -2.34. The molecule has 0 amide bonds. The molecule has 1 unspecified atom stereocenters. The predicted octanol–water partition coefficient (Wildman–Crippen LogP) is 2.02. The molecule has 6 heteroatoms. The fourth-order valence-corrected chi connectivity index (χ4v) is 2.89. The van der Waals surface area contributed by atoms with Crippen LogP contribution >= 0.6 is 0 Å². The number of β-amino-alcohol motifs (C(OH)–C–C–N with tert-alkyl or cyclic N) is 1. The zero-order chi connectivity index (χ0) is 16.4. The number of pyridine rings is 1. The van der Waals surface area contributed by atoms with E-state index in [-0.39, 0.29) is 0 Å². The van der Waals surface area contributed by atoms with Gasteiger partial charge < -0.3 is 19.5 Å². The molecular weight excluding hydrogens is 294 g/mol. The molecule has 118 valence electrons. The zero-order valence-electron chi connectivity index (χ0n) is 13.0. The average molecular weight is 311 g/mol. The highest BCUT2D eigenvalue weighted by Crippen LogP contribution is 2.40. The van der Waals surface area contributed by atoms with E-state index in [1.165, 1.54) is 6.20 Å². The summed E-state index contributed by atoms with van der Waals surface area (Å²) in [7, 11) is 3.19. The Kier molecular flexibility index (Phi) is 4.04. The molecule has 1 aliphatic rings. The van der Waals surface area contributed by atoms with Crippen molar-refractivity contribution in [3.05, 3.63) is 47.2 Å². The van der Waals surface area contributed by atoms with Crippen LogP contribution in [0.4, 0.5) is 5.82 Å². The second kappa shape index (κ2) is 6.15. The molecule has 0 spiro atoms. The summed E-state index contributed by atoms with van der Waals surface area (Å²) in [6.07, 6.45) is 0.821. The first-order valence-electron chi connectivity index (χ1n) is 7.20. The van der Waals surface area contributed by atoms with Crippen LogP contribution in [-0.2, 0) is 6.54 Å². The molecular formula is C17H17N3O3. The number of hydrogen-bond donors (Lipinski definition) is 1. The molecule has 0 bridgehead atoms. The predicted molar refractivity (Wildman–Crippen MR) is 84.5 cm³/mol. The number of nitriles is 1. The van der Waals surface area contributed by atoms with Gasteiger partial charge >= 0.3 is 0 Å². The Morgan fingerprint density at radius 2 is 1.96 bits per heavy atom. The third-order valence-electron chi connectivity index (χ3n) is 3.99. The lowest BCUT2D eigenvalue weighted by atomic mass is 9.95. The van der Waals surface area contributed by atoms with E-state index in [2.05, 4.69) is 4.98 Å². The second-order valence-electron chi connectivity index (χ2n) is 5.28. The molecule has 0 saturated carbocycles. The molecule has 2 aromatic rings. The maximum Gasteiger partial charge on any atom is 0.128 e. The van der Waals surface area contributed by atoms with Gasteiger partial charge in [-0.1, -0.05) is 0 Å². The first-order chi connectivity index (χ1) is 11.2. The molecule has 2 heterocycles. The number of hydrogen-bond acceptors (Lipinski definition) is 6. The first-order valence-corrected chi connectivity index (χ1v) is 7.20. The van der Waals surface area contributed by atoms with Crippen LogP contribution in [-0.4, -0.2) is 30.9 Å². The highest BCUT2D eigenvalue weighted by molar-refractivity contribution is 5.55. The summed E-state index contributed by atoms with van der Waals surface area (Å²) < 4.78 is 10.8. The Balaban J connectivity index is 2.00. The summed E-state index contributed by atoms with van der Waals surface area (Å²) in [5.74, 6) is 2.07. The molecule has 1 aromatic carbocycles. The van der Waals surface area contributed by atoms with Gasteiger partial charge in [0.1, 0.15) is 29.5 Å². The number of ether oxygens (including phenoxy) is 2. The van der Waals surface area contributed by atoms with Crippen LogP contribution < -0.4 is 14.4 Å². The minimum atomic E-state index is -0.707. The van der Waals surface area contributed by atoms with Gasteiger partial charge in [0.05, 0.1) is 26.3 Å². The van der Waals surface area contributed by atoms with E-state index in [9.17, 15) is 5.11 Å². The molecule has 1 aliphatic heterocycles. The van der Waals surface area contributed by atoms with Crippen LogP contribution in [0.15, 0.2) is 30.5 Å². The van der Waals surface area contributed by atoms with Crippen molar-refractivity contribution in [2.24, 2.45) is 0 Å². The van der Waals surface area contributed by atoms with Gasteiger partial charge in [-0.05, 0) is 24.3 Å². The quantitative estimate of drug-likeness (QED) is 0.934. The summed E-state index contributed by atoms with van der Waals surface area (Å²) in [4.78, 5) is 6.25. The van der Waals surface area contributed by atoms with Crippen LogP contribution in [0, 0.1) is 11.3 Å². The summed E-state index contributed by atoms with van der Waals surface area (Å²) in [5, 5.41) is 19.4. The van der Waals surface area contributed by atoms with Crippen molar-refractivity contribution >= 4 is 5.82 Å². The van der Waals surface area contributed by atoms with Crippen LogP contribution in [0.3, 0.4) is 0 Å². The number of fused-ring (bicyclic) bond motifs is 1. The Hall–Kier alpha value is -2.78. The second-order valence-corrected chi connectivity index (χ2v) is 5.28. The Labute approximate surface area is 134 Å². The minimum Gasteiger partial charge on any atom is -0.496 e. The van der Waals surface area contributed by atoms with Gasteiger partial charge in [-0.2, -0.15) is 5.26 Å². The molecule has 0 saturated heterocycles. The Bertz CT molecular complexity index is 753. The largest absolute Gasteiger partial charge is 0.496 e. The normalized spacial score (nSPS) is 16.4. The Morgan fingerprint density at radius 3 is 2.57 bits per heavy atom. The molecule has 1 atom stereocenters. The fourth-order valence-electron chi connectivity index (χ4n) is 2.89. The van der Waals surface area contributed by atoms with Gasteiger partial charge in [0.25, 0.3) is 0 Å². The smallest absolute Gasteiger partial charge is 0.128 e. The number of nitrogens with zero attached hydrogens (tertiary/aromatic N) is 3. The first kappa shape index (κ1) is 15.1. The van der Waals surface area contributed by atoms with Crippen LogP contribution in [0.1, 0.15) is 22.8 Å². The van der Waals surface area contributed by atoms with Crippen LogP contribution in [0.25, 0.3) is 0 Å². The molecule has 3 rings (SSSR count). The summed E-state index contributed by atoms with van der Waals surface area (Å²) >= 11 is 0. The summed E-state index contributed by atoms with van der Waals surface area (Å²) in [6, 6.07) is 9.18. The van der Waals surface area contributed by atoms with E-state index in [1.54, 1.807) is 32.4 Å². The minimum absolute atomic E-state index is 0.398. The van der Waals surface area contributed by atoms with E-state index < -0.39 is 6.10 Å². The van der Waals surface area contributed by atoms with E-state index >= 15 is 0 Å². The molecule has 1 aromatic heterocycles. The van der Waals surface area contributed by atoms with E-state index in [1.807, 2.05) is 17.0 Å². The van der Waals surface area contributed by atoms with E-state index in [0.29, 0.717) is 36.0 Å². The van der Waals surface area contributed by atoms with Crippen molar-refractivity contribution in [1.29, 1.82) is 5.26 Å². The molecule has 23 heavy (non-hydrogen) atoms. The average Bonchev–Trinajstić information content (AvgIpc) is 2.60. The standard InChI is InChI=1S/C17H17N3O3/c1-22-14-4-5-15(23-2)17-12(14)9-20(10-13(17)21)16-6-3-11(7-18)8-19-16/h3-6,8,13,21H,9-10H2,1-2H3. The van der Waals surface area contributed by atoms with E-state index in [4.69, 9.17) is 14.7 Å². The number of benzene rings is 1. The number of aliphatic hydroxyl groups is 1. The van der Waals surface area contributed by atoms with Crippen LogP contribution in [0.5, 0.6) is 11.5 Å². The van der Waals surface area contributed by atoms with Gasteiger partial charge in [-0.3, -0.25) is 0 Å². The van der Waals surface area contributed by atoms with Gasteiger partial charge in [0, 0.05) is 23.9 Å². The van der Waals surface area contributed by atoms with Gasteiger partial charge in [-0.15, -0.1) is 0 Å². The lowest BCUT2D eigenvalue weighted by Crippen LogP contribution is -2.34. The fraction of sp³-hybridized carbons (Fsp3) is 0.294. The molecule has 0 fully saturated rings. The maximum absolute atomic E-state index is 10.6. The summed E-state index contributed by atoms with van der Waals surface area (Å²) in [5.41, 5.74) is 2.15. The summed E-state index contributed by atoms with van der Waals surface area (Å²) in [6.45, 7) is 0.946. The van der Waals surface area contributed by atoms with Gasteiger partial charge in [0.2, 0.25) is 0 Å². The number of methoxy groups -OCH3 is 2. The number of aromatic nitrogens is 1. The zero-order valence-corrected chi connectivity index (χ0v) is 13.0. The van der Waals surface area contributed by atoms with Crippen LogP contribution in [0.2, 0.25) is 0 Å². The topological polar surface area (TPSA) is 78.6 Å². The molecule has 1 N–H and O–H groups in total. The monoisotopic (exact) mass is 311 g/mol. The van der Waals surface area contributed by atoms with Crippen molar-refractivity contribution in [3.8, 4) is 17.6 Å². The maximum atomic E-state index is 10.6. The number of rotatable bonds is 3. The van der Waals surface area contributed by atoms with Crippen molar-refractivity contribution in [1.82, 2.24) is 4.98 Å². The van der Waals surface area contributed by atoms with E-state index in [0.717, 1.165) is 11.1 Å². The third kappa shape index (κ3) is 2.67. The molecule has 0 aliphatic carbocycles. The number of aliphatic hydroxyl groups excluding tert-OH is 1. The van der Waals surface area contributed by atoms with Crippen molar-refractivity contribution < 1.29 is 14.6 Å². The van der Waals surface area contributed by atoms with Crippen molar-refractivity contribution in [2.45, 2.75) is 12.6 Å². The van der Waals surface area contributed by atoms with Crippen molar-refractivity contribution in [2.75, 3.05) is 25.7 Å². The molecule has 6 nitrogen and oxygen atoms in total. The lowest BCUT2D eigenvalue weighted by molar-refractivity contribution is 0.169. The highest BCUT2D eigenvalue weighted by atomic mass is 16.5. The molecule has 0 radical (unpaired) electrons. The Morgan fingerprint density at radius 1 is 1.22 bits per heavy atom. The van der Waals surface area contributed by atoms with Crippen molar-refractivity contribution in [3.63, 3.8) is 0 Å². The van der Waals surface area contributed by atoms with Gasteiger partial charge in [0.15, 0.2) is 0 Å².